The van der Waals surface area contributed by atoms with Crippen molar-refractivity contribution in [2.45, 2.75) is 51.3 Å². The van der Waals surface area contributed by atoms with E-state index in [2.05, 4.69) is 17.1 Å². The van der Waals surface area contributed by atoms with Crippen LogP contribution in [0.5, 0.6) is 5.75 Å². The quantitative estimate of drug-likeness (QED) is 0.567. The molecule has 1 saturated heterocycles. The maximum absolute atomic E-state index is 13.3. The summed E-state index contributed by atoms with van der Waals surface area (Å²) < 4.78 is 51.2. The molecule has 2 aromatic rings. The van der Waals surface area contributed by atoms with Gasteiger partial charge in [-0.05, 0) is 67.3 Å². The fourth-order valence-corrected chi connectivity index (χ4v) is 5.89. The van der Waals surface area contributed by atoms with E-state index in [9.17, 15) is 18.0 Å². The fourth-order valence-electron chi connectivity index (χ4n) is 5.89. The van der Waals surface area contributed by atoms with Crippen molar-refractivity contribution in [1.82, 2.24) is 4.98 Å². The topological polar surface area (TPSA) is 51.7 Å². The van der Waals surface area contributed by atoms with Crippen molar-refractivity contribution in [2.75, 3.05) is 25.1 Å². The van der Waals surface area contributed by atoms with Crippen LogP contribution in [0, 0.1) is 17.3 Å². The number of carbonyl (C=O) groups is 1. The number of alkyl halides is 3. The Morgan fingerprint density at radius 1 is 1.29 bits per heavy atom. The number of carbonyl (C=O) groups excluding carboxylic acids is 1. The first-order valence-electron chi connectivity index (χ1n) is 11.8. The zero-order valence-corrected chi connectivity index (χ0v) is 19.4. The number of methoxy groups -OCH3 is 1. The third-order valence-electron chi connectivity index (χ3n) is 7.61. The predicted molar refractivity (Wildman–Crippen MR) is 121 cm³/mol. The van der Waals surface area contributed by atoms with Crippen LogP contribution in [0.2, 0.25) is 0 Å². The number of anilines is 1. The van der Waals surface area contributed by atoms with E-state index in [0.29, 0.717) is 25.4 Å². The minimum Gasteiger partial charge on any atom is -0.490 e. The Kier molecular flexibility index (Phi) is 5.73. The number of nitrogens with zero attached hydrogens (tertiary/aromatic N) is 2. The molecule has 1 spiro atoms. The number of halogens is 3. The number of rotatable bonds is 5. The number of aryl methyl sites for hydroxylation is 1. The molecule has 1 aliphatic carbocycles. The Balaban J connectivity index is 1.18. The zero-order valence-electron chi connectivity index (χ0n) is 19.4. The van der Waals surface area contributed by atoms with E-state index < -0.39 is 11.7 Å². The van der Waals surface area contributed by atoms with Gasteiger partial charge in [0.25, 0.3) is 0 Å². The second-order valence-electron chi connectivity index (χ2n) is 10.2. The Morgan fingerprint density at radius 2 is 2.06 bits per heavy atom. The lowest BCUT2D eigenvalue weighted by Gasteiger charge is -2.61. The zero-order chi connectivity index (χ0) is 24.1. The largest absolute Gasteiger partial charge is 0.490 e. The summed E-state index contributed by atoms with van der Waals surface area (Å²) in [6, 6.07) is 8.61. The first-order chi connectivity index (χ1) is 16.2. The molecule has 0 bridgehead atoms. The van der Waals surface area contributed by atoms with Gasteiger partial charge in [0.2, 0.25) is 0 Å². The summed E-state index contributed by atoms with van der Waals surface area (Å²) in [5, 5.41) is 0. The van der Waals surface area contributed by atoms with E-state index in [-0.39, 0.29) is 29.2 Å². The number of aromatic nitrogens is 1. The molecule has 5 rings (SSSR count). The molecule has 2 unspecified atom stereocenters. The SMILES string of the molecule is COC(=O)C(C)Cc1ccc2c(c1)OC(C1CC3(C1)CN(c1ncccc1C(F)(F)F)C3)CC2. The average Bonchev–Trinajstić information content (AvgIpc) is 2.76. The van der Waals surface area contributed by atoms with Crippen LogP contribution in [-0.4, -0.2) is 37.3 Å². The number of pyridine rings is 1. The predicted octanol–water partition coefficient (Wildman–Crippen LogP) is 5.06. The summed E-state index contributed by atoms with van der Waals surface area (Å²) >= 11 is 0. The number of hydrogen-bond acceptors (Lipinski definition) is 5. The molecule has 3 aliphatic rings. The molecule has 2 aliphatic heterocycles. The van der Waals surface area contributed by atoms with Crippen LogP contribution < -0.4 is 9.64 Å². The Morgan fingerprint density at radius 3 is 2.76 bits per heavy atom. The van der Waals surface area contributed by atoms with E-state index in [1.165, 1.54) is 24.9 Å². The van der Waals surface area contributed by atoms with Crippen molar-refractivity contribution in [3.63, 3.8) is 0 Å². The van der Waals surface area contributed by atoms with Crippen LogP contribution in [0.15, 0.2) is 36.5 Å². The third kappa shape index (κ3) is 4.23. The molecule has 0 radical (unpaired) electrons. The van der Waals surface area contributed by atoms with Gasteiger partial charge in [-0.1, -0.05) is 19.1 Å². The van der Waals surface area contributed by atoms with Crippen molar-refractivity contribution >= 4 is 11.8 Å². The van der Waals surface area contributed by atoms with Crippen LogP contribution in [0.1, 0.15) is 42.9 Å². The van der Waals surface area contributed by atoms with Crippen molar-refractivity contribution < 1.29 is 27.4 Å². The van der Waals surface area contributed by atoms with E-state index in [0.717, 1.165) is 43.1 Å². The van der Waals surface area contributed by atoms with E-state index in [4.69, 9.17) is 9.47 Å². The number of benzene rings is 1. The number of hydrogen-bond donors (Lipinski definition) is 0. The molecule has 2 atom stereocenters. The molecule has 34 heavy (non-hydrogen) atoms. The van der Waals surface area contributed by atoms with Crippen molar-refractivity contribution in [1.29, 1.82) is 0 Å². The average molecular weight is 475 g/mol. The maximum Gasteiger partial charge on any atom is 0.419 e. The summed E-state index contributed by atoms with van der Waals surface area (Å²) in [6.07, 6.45) is 1.59. The standard InChI is InChI=1S/C26H29F3N2O3/c1-16(24(32)33-2)10-17-5-6-18-7-8-21(34-22(18)11-17)19-12-25(13-19)14-31(15-25)23-20(26(27,28)29)4-3-9-30-23/h3-6,9,11,16,19,21H,7-8,10,12-15H2,1-2H3. The summed E-state index contributed by atoms with van der Waals surface area (Å²) in [5.74, 6) is 0.913. The van der Waals surface area contributed by atoms with Gasteiger partial charge in [-0.3, -0.25) is 4.79 Å². The van der Waals surface area contributed by atoms with Crippen LogP contribution in [0.4, 0.5) is 19.0 Å². The highest BCUT2D eigenvalue weighted by atomic mass is 19.4. The Labute approximate surface area is 197 Å². The molecule has 0 N–H and O–H groups in total. The first kappa shape index (κ1) is 23.0. The van der Waals surface area contributed by atoms with Crippen LogP contribution in [0.3, 0.4) is 0 Å². The van der Waals surface area contributed by atoms with Crippen LogP contribution in [0.25, 0.3) is 0 Å². The van der Waals surface area contributed by atoms with Crippen molar-refractivity contribution in [2.24, 2.45) is 17.3 Å². The number of fused-ring (bicyclic) bond motifs is 1. The lowest BCUT2D eigenvalue weighted by molar-refractivity contribution is -0.144. The van der Waals surface area contributed by atoms with Gasteiger partial charge < -0.3 is 14.4 Å². The lowest BCUT2D eigenvalue weighted by atomic mass is 9.55. The Hall–Kier alpha value is -2.77. The van der Waals surface area contributed by atoms with Gasteiger partial charge >= 0.3 is 12.1 Å². The molecule has 2 fully saturated rings. The fraction of sp³-hybridized carbons (Fsp3) is 0.538. The van der Waals surface area contributed by atoms with Crippen LogP contribution in [-0.2, 0) is 28.5 Å². The first-order valence-corrected chi connectivity index (χ1v) is 11.8. The highest BCUT2D eigenvalue weighted by molar-refractivity contribution is 5.72. The second-order valence-corrected chi connectivity index (χ2v) is 10.2. The maximum atomic E-state index is 13.3. The minimum atomic E-state index is -4.40. The number of esters is 1. The molecular weight excluding hydrogens is 445 g/mol. The third-order valence-corrected chi connectivity index (χ3v) is 7.61. The Bertz CT molecular complexity index is 1070. The molecule has 3 heterocycles. The van der Waals surface area contributed by atoms with E-state index in [1.807, 2.05) is 13.0 Å². The molecule has 1 aromatic heterocycles. The highest BCUT2D eigenvalue weighted by Crippen LogP contribution is 2.56. The molecule has 1 aromatic carbocycles. The molecular formula is C26H29F3N2O3. The second kappa shape index (κ2) is 8.47. The molecule has 5 nitrogen and oxygen atoms in total. The number of ether oxygens (including phenoxy) is 2. The summed E-state index contributed by atoms with van der Waals surface area (Å²) in [5.41, 5.74) is 1.65. The van der Waals surface area contributed by atoms with Crippen LogP contribution >= 0.6 is 0 Å². The van der Waals surface area contributed by atoms with E-state index >= 15 is 0 Å². The normalized spacial score (nSPS) is 22.3. The molecule has 0 amide bonds. The molecule has 1 saturated carbocycles. The van der Waals surface area contributed by atoms with Gasteiger partial charge in [0.05, 0.1) is 18.6 Å². The summed E-state index contributed by atoms with van der Waals surface area (Å²) in [6.45, 7) is 3.08. The lowest BCUT2D eigenvalue weighted by Crippen LogP contribution is -2.64. The minimum absolute atomic E-state index is 0.0423. The molecule has 182 valence electrons. The molecule has 8 heteroatoms. The highest BCUT2D eigenvalue weighted by Gasteiger charge is 2.56. The monoisotopic (exact) mass is 474 g/mol. The van der Waals surface area contributed by atoms with Gasteiger partial charge in [0, 0.05) is 24.7 Å². The summed E-state index contributed by atoms with van der Waals surface area (Å²) in [4.78, 5) is 17.5. The van der Waals surface area contributed by atoms with Crippen molar-refractivity contribution in [3.8, 4) is 5.75 Å². The van der Waals surface area contributed by atoms with Gasteiger partial charge in [-0.25, -0.2) is 4.98 Å². The smallest absolute Gasteiger partial charge is 0.419 e. The van der Waals surface area contributed by atoms with Gasteiger partial charge in [0.1, 0.15) is 17.7 Å². The van der Waals surface area contributed by atoms with E-state index in [1.54, 1.807) is 4.90 Å². The summed E-state index contributed by atoms with van der Waals surface area (Å²) in [7, 11) is 1.40. The van der Waals surface area contributed by atoms with Gasteiger partial charge in [-0.15, -0.1) is 0 Å². The van der Waals surface area contributed by atoms with Gasteiger partial charge in [0.15, 0.2) is 0 Å². The van der Waals surface area contributed by atoms with Crippen molar-refractivity contribution in [3.05, 3.63) is 53.2 Å². The van der Waals surface area contributed by atoms with Gasteiger partial charge in [-0.2, -0.15) is 13.2 Å².